The minimum Gasteiger partial charge on any atom is -0.464 e. The fourth-order valence-electron chi connectivity index (χ4n) is 8.40. The summed E-state index contributed by atoms with van der Waals surface area (Å²) in [6.45, 7) is 26.4. The average Bonchev–Trinajstić information content (AvgIpc) is 3.97. The van der Waals surface area contributed by atoms with Crippen LogP contribution in [-0.4, -0.2) is 152 Å². The first-order valence-electron chi connectivity index (χ1n) is 26.9. The van der Waals surface area contributed by atoms with Gasteiger partial charge in [0, 0.05) is 75.4 Å². The van der Waals surface area contributed by atoms with Crippen LogP contribution >= 0.6 is 16.8 Å². The third-order valence-electron chi connectivity index (χ3n) is 11.8. The standard InChI is InChI=1S/C26H40N5O8P.C17H23N3O7.C10H21N2OP/c1-7-21-22(39-40(37-13-8-11-27)31(17(2)3)18(4)5)15-24(38-21)30-16-20(25(34)29-26(30)35)9-10-23(33)28-12-14-36-19(6)32;1-3-13-12(22)8-15(27-13)20-9-11(16(24)19-17(20)25)4-5-14(23)18-6-7-26-10(2)21;1-9(2)12(10(3)4)14(5)13-8-6-7-11/h9-10,16-18,21-22,24H,7-8,12-15H2,1-6H3,(H,28,33)(H,29,34,35);4-5,9,12-13,15,22H,3,6-8H2,1-2H3,(H,18,23)(H,19,24,25);9-10H,6,8H2,1-5H3/b10-9+;5-4+;/t21-,22-,24-,40?;12-,13-,15-;/m11./s1. The van der Waals surface area contributed by atoms with E-state index in [9.17, 15) is 43.5 Å². The Morgan fingerprint density at radius 2 is 1.12 bits per heavy atom. The number of hydrogen-bond acceptors (Lipinski definition) is 20. The summed E-state index contributed by atoms with van der Waals surface area (Å²) in [5, 5.41) is 32.3. The predicted octanol–water partition coefficient (Wildman–Crippen LogP) is 4.85. The van der Waals surface area contributed by atoms with Crippen LogP contribution in [0.5, 0.6) is 0 Å². The summed E-state index contributed by atoms with van der Waals surface area (Å²) in [7, 11) is -2.07. The number of nitriles is 2. The smallest absolute Gasteiger partial charge is 0.330 e. The van der Waals surface area contributed by atoms with Crippen molar-refractivity contribution in [2.24, 2.45) is 0 Å². The molecule has 81 heavy (non-hydrogen) atoms. The molecular formula is C53H84N10O16P2. The maximum atomic E-state index is 12.7. The number of aliphatic hydroxyl groups excluding tert-OH is 1. The number of nitrogens with one attached hydrogen (secondary N) is 4. The zero-order chi connectivity index (χ0) is 60.9. The molecule has 0 saturated carbocycles. The molecule has 4 rings (SSSR count). The summed E-state index contributed by atoms with van der Waals surface area (Å²) in [6.07, 6.45) is 6.75. The molecule has 2 aromatic heterocycles. The maximum absolute atomic E-state index is 12.7. The Labute approximate surface area is 475 Å². The van der Waals surface area contributed by atoms with Crippen molar-refractivity contribution >= 4 is 52.7 Å². The Kier molecular flexibility index (Phi) is 32.9. The molecule has 0 bridgehead atoms. The Hall–Kier alpha value is -5.76. The summed E-state index contributed by atoms with van der Waals surface area (Å²) in [4.78, 5) is 98.8. The van der Waals surface area contributed by atoms with Crippen molar-refractivity contribution in [1.82, 2.24) is 39.1 Å². The zero-order valence-corrected chi connectivity index (χ0v) is 50.7. The normalized spacial score (nSPS) is 19.5. The molecule has 2 saturated heterocycles. The number of amides is 2. The molecule has 0 spiro atoms. The van der Waals surface area contributed by atoms with Crippen molar-refractivity contribution in [2.45, 2.75) is 183 Å². The van der Waals surface area contributed by atoms with Gasteiger partial charge in [0.05, 0.1) is 86.8 Å². The number of aromatic amines is 2. The van der Waals surface area contributed by atoms with Gasteiger partial charge >= 0.3 is 23.3 Å². The van der Waals surface area contributed by atoms with Gasteiger partial charge < -0.3 is 48.3 Å². The molecule has 0 radical (unpaired) electrons. The molecule has 26 nitrogen and oxygen atoms in total. The molecule has 0 aromatic carbocycles. The molecule has 2 unspecified atom stereocenters. The molecule has 2 aliphatic heterocycles. The van der Waals surface area contributed by atoms with Crippen LogP contribution in [0.2, 0.25) is 0 Å². The minimum atomic E-state index is -1.51. The lowest BCUT2D eigenvalue weighted by Crippen LogP contribution is -2.35. The molecule has 452 valence electrons. The van der Waals surface area contributed by atoms with E-state index in [2.05, 4.69) is 81.2 Å². The van der Waals surface area contributed by atoms with Gasteiger partial charge in [-0.25, -0.2) is 14.3 Å². The molecular weight excluding hydrogens is 1090 g/mol. The van der Waals surface area contributed by atoms with Crippen LogP contribution in [0.3, 0.4) is 0 Å². The number of aliphatic hydroxyl groups is 1. The van der Waals surface area contributed by atoms with Crippen molar-refractivity contribution in [1.29, 1.82) is 10.5 Å². The third kappa shape index (κ3) is 25.1. The number of carbonyl (C=O) groups is 4. The van der Waals surface area contributed by atoms with Crippen LogP contribution in [0.1, 0.15) is 145 Å². The summed E-state index contributed by atoms with van der Waals surface area (Å²) in [6, 6.07) is 5.41. The molecule has 5 N–H and O–H groups in total. The lowest BCUT2D eigenvalue weighted by atomic mass is 10.1. The highest BCUT2D eigenvalue weighted by molar-refractivity contribution is 7.49. The number of rotatable bonds is 28. The van der Waals surface area contributed by atoms with E-state index in [-0.39, 0.29) is 81.2 Å². The third-order valence-corrected chi connectivity index (χ3v) is 16.1. The second-order valence-corrected chi connectivity index (χ2v) is 22.6. The van der Waals surface area contributed by atoms with Gasteiger partial charge in [-0.15, -0.1) is 0 Å². The summed E-state index contributed by atoms with van der Waals surface area (Å²) in [5.74, 6) is -1.88. The van der Waals surface area contributed by atoms with E-state index in [4.69, 9.17) is 38.3 Å². The lowest BCUT2D eigenvalue weighted by Gasteiger charge is -2.37. The number of nitrogens with zero attached hydrogens (tertiary/aromatic N) is 6. The summed E-state index contributed by atoms with van der Waals surface area (Å²) >= 11 is 0. The predicted molar refractivity (Wildman–Crippen MR) is 305 cm³/mol. The van der Waals surface area contributed by atoms with Crippen LogP contribution in [0.4, 0.5) is 0 Å². The van der Waals surface area contributed by atoms with Gasteiger partial charge in [0.25, 0.3) is 19.6 Å². The second-order valence-electron chi connectivity index (χ2n) is 19.5. The van der Waals surface area contributed by atoms with E-state index in [1.54, 1.807) is 0 Å². The van der Waals surface area contributed by atoms with Gasteiger partial charge in [-0.1, -0.05) is 13.8 Å². The fraction of sp³-hybridized carbons (Fsp3) is 0.660. The topological polar surface area (TPSA) is 341 Å². The van der Waals surface area contributed by atoms with Crippen LogP contribution < -0.4 is 33.1 Å². The van der Waals surface area contributed by atoms with E-state index in [1.165, 1.54) is 47.5 Å². The summed E-state index contributed by atoms with van der Waals surface area (Å²) in [5.41, 5.74) is -2.43. The zero-order valence-electron chi connectivity index (χ0n) is 48.9. The molecule has 2 aromatic rings. The van der Waals surface area contributed by atoms with Gasteiger partial charge in [-0.3, -0.25) is 52.5 Å². The largest absolute Gasteiger partial charge is 0.464 e. The van der Waals surface area contributed by atoms with Crippen molar-refractivity contribution < 1.29 is 56.8 Å². The van der Waals surface area contributed by atoms with Crippen LogP contribution in [0.15, 0.2) is 43.7 Å². The number of hydrogen-bond donors (Lipinski definition) is 5. The van der Waals surface area contributed by atoms with E-state index >= 15 is 0 Å². The van der Waals surface area contributed by atoms with Gasteiger partial charge in [0.2, 0.25) is 11.8 Å². The Bertz CT molecular complexity index is 2680. The molecule has 4 heterocycles. The number of carbonyl (C=O) groups excluding carboxylic acids is 4. The number of esters is 2. The van der Waals surface area contributed by atoms with Gasteiger partial charge in [-0.05, 0) is 87.0 Å². The fourth-order valence-corrected chi connectivity index (χ4v) is 11.9. The van der Waals surface area contributed by atoms with Crippen LogP contribution in [0.25, 0.3) is 12.2 Å². The van der Waals surface area contributed by atoms with Crippen molar-refractivity contribution in [3.05, 3.63) is 77.3 Å². The average molecular weight is 1180 g/mol. The maximum Gasteiger partial charge on any atom is 0.330 e. The van der Waals surface area contributed by atoms with E-state index in [1.807, 2.05) is 41.5 Å². The highest BCUT2D eigenvalue weighted by Crippen LogP contribution is 2.50. The monoisotopic (exact) mass is 1180 g/mol. The SMILES string of the molecule is CC(C)N(C(C)C)P(C)OCCC#N.CC[C@H]1O[C@@H](n2cc(/C=C/C(=O)NCCOC(C)=O)c(=O)[nH]c2=O)C[C@H]1O.CC[C@H]1O[C@@H](n2cc(/C=C/C(=O)NCCOC(C)=O)c(=O)[nH]c2=O)C[C@H]1OP(OCCC#N)N(C(C)C)C(C)C. The highest BCUT2D eigenvalue weighted by Gasteiger charge is 2.41. The van der Waals surface area contributed by atoms with Gasteiger partial charge in [0.1, 0.15) is 34.0 Å². The Morgan fingerprint density at radius 3 is 1.52 bits per heavy atom. The van der Waals surface area contributed by atoms with E-state index in [0.717, 1.165) is 12.2 Å². The first-order valence-corrected chi connectivity index (χ1v) is 29.7. The van der Waals surface area contributed by atoms with Gasteiger partial charge in [0.15, 0.2) is 0 Å². The van der Waals surface area contributed by atoms with Crippen molar-refractivity contribution in [3.8, 4) is 12.1 Å². The van der Waals surface area contributed by atoms with E-state index < -0.39 is 87.7 Å². The number of H-pyrrole nitrogens is 2. The second kappa shape index (κ2) is 37.4. The summed E-state index contributed by atoms with van der Waals surface area (Å²) < 4.78 is 46.4. The Balaban J connectivity index is 0.000000468. The minimum absolute atomic E-state index is 0.0267. The Morgan fingerprint density at radius 1 is 0.704 bits per heavy atom. The molecule has 8 atom stereocenters. The van der Waals surface area contributed by atoms with Crippen molar-refractivity contribution in [2.75, 3.05) is 46.2 Å². The van der Waals surface area contributed by atoms with Crippen LogP contribution in [0, 0.1) is 22.7 Å². The molecule has 2 fully saturated rings. The number of aromatic nitrogens is 4. The molecule has 0 aliphatic carbocycles. The lowest BCUT2D eigenvalue weighted by molar-refractivity contribution is -0.141. The van der Waals surface area contributed by atoms with Crippen LogP contribution in [-0.2, 0) is 51.7 Å². The quantitative estimate of drug-likeness (QED) is 0.0329. The molecule has 28 heteroatoms. The molecule has 2 aliphatic rings. The first-order chi connectivity index (χ1) is 38.3. The first kappa shape index (κ1) is 71.3. The van der Waals surface area contributed by atoms with Gasteiger partial charge in [-0.2, -0.15) is 10.5 Å². The molecule has 2 amide bonds. The number of ether oxygens (including phenoxy) is 4. The van der Waals surface area contributed by atoms with E-state index in [0.29, 0.717) is 44.4 Å². The highest BCUT2D eigenvalue weighted by atomic mass is 31.2. The van der Waals surface area contributed by atoms with Crippen molar-refractivity contribution in [3.63, 3.8) is 0 Å².